The number of hydrogen-bond acceptors (Lipinski definition) is 1. The molecule has 0 atom stereocenters. The fourth-order valence-corrected chi connectivity index (χ4v) is 5.79. The number of benzene rings is 1. The number of carbonyl (C=O) groups excluding carboxylic acids is 1. The molecule has 1 aromatic rings. The Kier molecular flexibility index (Phi) is 3.68. The highest BCUT2D eigenvalue weighted by Gasteiger charge is 2.51. The Balaban J connectivity index is 1.36. The first-order valence-electron chi connectivity index (χ1n) is 8.66. The van der Waals surface area contributed by atoms with E-state index in [-0.39, 0.29) is 11.4 Å². The minimum Gasteiger partial charge on any atom is -0.351 e. The smallest absolute Gasteiger partial charge is 0.220 e. The highest BCUT2D eigenvalue weighted by atomic mass is 35.5. The summed E-state index contributed by atoms with van der Waals surface area (Å²) in [5, 5.41) is 4.19. The molecule has 5 rings (SSSR count). The lowest BCUT2D eigenvalue weighted by Crippen LogP contribution is -2.59. The van der Waals surface area contributed by atoms with Crippen molar-refractivity contribution in [2.75, 3.05) is 0 Å². The lowest BCUT2D eigenvalue weighted by atomic mass is 9.53. The van der Waals surface area contributed by atoms with Crippen LogP contribution in [-0.4, -0.2) is 11.4 Å². The molecule has 0 saturated heterocycles. The first kappa shape index (κ1) is 14.6. The molecule has 4 saturated carbocycles. The van der Waals surface area contributed by atoms with Crippen LogP contribution in [0.1, 0.15) is 50.5 Å². The van der Waals surface area contributed by atoms with Crippen molar-refractivity contribution in [3.8, 4) is 0 Å². The monoisotopic (exact) mass is 317 g/mol. The van der Waals surface area contributed by atoms with Crippen LogP contribution in [0, 0.1) is 17.8 Å². The molecule has 0 aliphatic heterocycles. The summed E-state index contributed by atoms with van der Waals surface area (Å²) in [5.41, 5.74) is 1.29. The SMILES string of the molecule is O=C(CCc1cccc(Cl)c1)NC12CC3CC(CC(C3)C1)C2. The second-order valence-corrected chi connectivity index (χ2v) is 8.31. The van der Waals surface area contributed by atoms with Crippen molar-refractivity contribution >= 4 is 17.5 Å². The maximum absolute atomic E-state index is 12.4. The van der Waals surface area contributed by atoms with Gasteiger partial charge in [0.25, 0.3) is 0 Å². The second-order valence-electron chi connectivity index (χ2n) is 7.88. The van der Waals surface area contributed by atoms with Gasteiger partial charge in [0.2, 0.25) is 5.91 Å². The topological polar surface area (TPSA) is 29.1 Å². The third-order valence-corrected chi connectivity index (χ3v) is 6.21. The van der Waals surface area contributed by atoms with Gasteiger partial charge in [0, 0.05) is 17.0 Å². The molecule has 0 radical (unpaired) electrons. The highest BCUT2D eigenvalue weighted by molar-refractivity contribution is 6.30. The van der Waals surface area contributed by atoms with Crippen LogP contribution in [-0.2, 0) is 11.2 Å². The molecule has 118 valence electrons. The highest BCUT2D eigenvalue weighted by Crippen LogP contribution is 2.55. The van der Waals surface area contributed by atoms with Crippen molar-refractivity contribution in [1.82, 2.24) is 5.32 Å². The zero-order valence-electron chi connectivity index (χ0n) is 13.0. The molecule has 4 aliphatic rings. The van der Waals surface area contributed by atoms with Gasteiger partial charge in [0.05, 0.1) is 0 Å². The largest absolute Gasteiger partial charge is 0.351 e. The van der Waals surface area contributed by atoms with E-state index in [2.05, 4.69) is 5.32 Å². The Hall–Kier alpha value is -1.02. The molecule has 2 nitrogen and oxygen atoms in total. The summed E-state index contributed by atoms with van der Waals surface area (Å²) in [6.45, 7) is 0. The molecular weight excluding hydrogens is 294 g/mol. The molecule has 1 N–H and O–H groups in total. The molecule has 3 heteroatoms. The van der Waals surface area contributed by atoms with Crippen molar-refractivity contribution in [2.45, 2.75) is 56.9 Å². The van der Waals surface area contributed by atoms with Crippen LogP contribution in [0.25, 0.3) is 0 Å². The zero-order chi connectivity index (χ0) is 15.2. The fourth-order valence-electron chi connectivity index (χ4n) is 5.57. The Morgan fingerprint density at radius 1 is 1.14 bits per heavy atom. The van der Waals surface area contributed by atoms with Gasteiger partial charge in [-0.25, -0.2) is 0 Å². The molecule has 22 heavy (non-hydrogen) atoms. The Bertz CT molecular complexity index is 547. The zero-order valence-corrected chi connectivity index (χ0v) is 13.7. The molecule has 4 aliphatic carbocycles. The first-order valence-corrected chi connectivity index (χ1v) is 9.03. The van der Waals surface area contributed by atoms with Gasteiger partial charge in [-0.15, -0.1) is 0 Å². The summed E-state index contributed by atoms with van der Waals surface area (Å²) in [6.07, 6.45) is 9.26. The predicted molar refractivity (Wildman–Crippen MR) is 88.8 cm³/mol. The standard InChI is InChI=1S/C19H24ClNO/c20-17-3-1-2-13(9-17)4-5-18(22)21-19-10-14-6-15(11-19)8-16(7-14)12-19/h1-3,9,14-16H,4-8,10-12H2,(H,21,22). The Morgan fingerprint density at radius 2 is 1.77 bits per heavy atom. The molecule has 1 aromatic carbocycles. The van der Waals surface area contributed by atoms with Crippen LogP contribution in [0.3, 0.4) is 0 Å². The Morgan fingerprint density at radius 3 is 2.36 bits per heavy atom. The van der Waals surface area contributed by atoms with E-state index >= 15 is 0 Å². The fraction of sp³-hybridized carbons (Fsp3) is 0.632. The summed E-state index contributed by atoms with van der Waals surface area (Å²) in [5.74, 6) is 2.85. The van der Waals surface area contributed by atoms with Crippen LogP contribution in [0.2, 0.25) is 5.02 Å². The minimum atomic E-state index is 0.139. The van der Waals surface area contributed by atoms with Gasteiger partial charge in [-0.1, -0.05) is 23.7 Å². The van der Waals surface area contributed by atoms with Crippen molar-refractivity contribution in [1.29, 1.82) is 0 Å². The van der Waals surface area contributed by atoms with E-state index < -0.39 is 0 Å². The summed E-state index contributed by atoms with van der Waals surface area (Å²) in [4.78, 5) is 12.4. The third-order valence-electron chi connectivity index (χ3n) is 5.97. The van der Waals surface area contributed by atoms with E-state index in [0.717, 1.165) is 34.8 Å². The van der Waals surface area contributed by atoms with Gasteiger partial charge >= 0.3 is 0 Å². The molecule has 0 spiro atoms. The van der Waals surface area contributed by atoms with Gasteiger partial charge in [-0.2, -0.15) is 0 Å². The quantitative estimate of drug-likeness (QED) is 0.878. The number of halogens is 1. The summed E-state index contributed by atoms with van der Waals surface area (Å²) in [6, 6.07) is 7.83. The number of amides is 1. The van der Waals surface area contributed by atoms with Crippen LogP contribution in [0.5, 0.6) is 0 Å². The van der Waals surface area contributed by atoms with Crippen LogP contribution >= 0.6 is 11.6 Å². The van der Waals surface area contributed by atoms with Crippen molar-refractivity contribution in [3.63, 3.8) is 0 Å². The summed E-state index contributed by atoms with van der Waals surface area (Å²) >= 11 is 6.00. The van der Waals surface area contributed by atoms with E-state index in [1.807, 2.05) is 24.3 Å². The average molecular weight is 318 g/mol. The number of nitrogens with one attached hydrogen (secondary N) is 1. The van der Waals surface area contributed by atoms with E-state index in [0.29, 0.717) is 6.42 Å². The molecule has 0 heterocycles. The van der Waals surface area contributed by atoms with Crippen molar-refractivity contribution in [2.24, 2.45) is 17.8 Å². The van der Waals surface area contributed by atoms with E-state index in [9.17, 15) is 4.79 Å². The molecule has 4 bridgehead atoms. The molecular formula is C19H24ClNO. The lowest BCUT2D eigenvalue weighted by Gasteiger charge is -2.56. The number of rotatable bonds is 4. The maximum Gasteiger partial charge on any atom is 0.220 e. The normalized spacial score (nSPS) is 35.6. The van der Waals surface area contributed by atoms with Gasteiger partial charge < -0.3 is 5.32 Å². The maximum atomic E-state index is 12.4. The molecule has 1 amide bonds. The van der Waals surface area contributed by atoms with Crippen molar-refractivity contribution < 1.29 is 4.79 Å². The lowest BCUT2D eigenvalue weighted by molar-refractivity contribution is -0.126. The Labute approximate surface area is 137 Å². The van der Waals surface area contributed by atoms with Gasteiger partial charge in [-0.3, -0.25) is 4.79 Å². The second kappa shape index (κ2) is 5.56. The van der Waals surface area contributed by atoms with Crippen molar-refractivity contribution in [3.05, 3.63) is 34.9 Å². The van der Waals surface area contributed by atoms with E-state index in [1.165, 1.54) is 38.5 Å². The van der Waals surface area contributed by atoms with Crippen LogP contribution in [0.15, 0.2) is 24.3 Å². The third kappa shape index (κ3) is 2.90. The van der Waals surface area contributed by atoms with Crippen LogP contribution in [0.4, 0.5) is 0 Å². The predicted octanol–water partition coefficient (Wildman–Crippen LogP) is 4.36. The number of aryl methyl sites for hydroxylation is 1. The number of hydrogen-bond donors (Lipinski definition) is 1. The average Bonchev–Trinajstić information content (AvgIpc) is 2.43. The van der Waals surface area contributed by atoms with E-state index in [4.69, 9.17) is 11.6 Å². The molecule has 0 unspecified atom stereocenters. The molecule has 0 aromatic heterocycles. The first-order chi connectivity index (χ1) is 10.6. The van der Waals surface area contributed by atoms with Crippen LogP contribution < -0.4 is 5.32 Å². The van der Waals surface area contributed by atoms with E-state index in [1.54, 1.807) is 0 Å². The van der Waals surface area contributed by atoms with Gasteiger partial charge in [0.15, 0.2) is 0 Å². The summed E-state index contributed by atoms with van der Waals surface area (Å²) < 4.78 is 0. The summed E-state index contributed by atoms with van der Waals surface area (Å²) in [7, 11) is 0. The van der Waals surface area contributed by atoms with Gasteiger partial charge in [-0.05, 0) is 80.4 Å². The van der Waals surface area contributed by atoms with Gasteiger partial charge in [0.1, 0.15) is 0 Å². The minimum absolute atomic E-state index is 0.139. The number of carbonyl (C=O) groups is 1. The molecule has 4 fully saturated rings.